The number of benzene rings is 2. The Morgan fingerprint density at radius 3 is 2.37 bits per heavy atom. The molecule has 140 valence electrons. The van der Waals surface area contributed by atoms with E-state index < -0.39 is 0 Å². The fourth-order valence-electron chi connectivity index (χ4n) is 4.34. The molecule has 1 atom stereocenters. The molecule has 27 heavy (non-hydrogen) atoms. The van der Waals surface area contributed by atoms with Crippen LogP contribution in [0, 0.1) is 6.92 Å². The van der Waals surface area contributed by atoms with Gasteiger partial charge in [0.05, 0.1) is 7.11 Å². The van der Waals surface area contributed by atoms with Crippen molar-refractivity contribution in [2.45, 2.75) is 39.4 Å². The van der Waals surface area contributed by atoms with Gasteiger partial charge in [-0.3, -0.25) is 4.90 Å². The summed E-state index contributed by atoms with van der Waals surface area (Å²) in [6.45, 7) is 8.68. The zero-order chi connectivity index (χ0) is 18.8. The lowest BCUT2D eigenvalue weighted by Gasteiger charge is -2.32. The monoisotopic (exact) mass is 360 g/mol. The predicted molar refractivity (Wildman–Crippen MR) is 110 cm³/mol. The maximum Gasteiger partial charge on any atom is 0.118 e. The molecule has 0 aliphatic carbocycles. The Kier molecular flexibility index (Phi) is 5.04. The molecule has 0 fully saturated rings. The molecule has 1 aromatic heterocycles. The summed E-state index contributed by atoms with van der Waals surface area (Å²) in [7, 11) is 1.71. The Morgan fingerprint density at radius 1 is 0.963 bits per heavy atom. The van der Waals surface area contributed by atoms with Gasteiger partial charge >= 0.3 is 0 Å². The molecule has 2 aromatic carbocycles. The molecule has 4 rings (SSSR count). The highest BCUT2D eigenvalue weighted by Crippen LogP contribution is 2.32. The summed E-state index contributed by atoms with van der Waals surface area (Å²) >= 11 is 0. The van der Waals surface area contributed by atoms with E-state index in [0.717, 1.165) is 31.9 Å². The van der Waals surface area contributed by atoms with Crippen LogP contribution in [0.2, 0.25) is 0 Å². The van der Waals surface area contributed by atoms with E-state index in [1.54, 1.807) is 7.11 Å². The molecule has 3 heteroatoms. The summed E-state index contributed by atoms with van der Waals surface area (Å²) in [5.41, 5.74) is 7.05. The van der Waals surface area contributed by atoms with Gasteiger partial charge in [0.15, 0.2) is 0 Å². The summed E-state index contributed by atoms with van der Waals surface area (Å²) < 4.78 is 7.79. The van der Waals surface area contributed by atoms with Gasteiger partial charge in [-0.15, -0.1) is 0 Å². The lowest BCUT2D eigenvalue weighted by atomic mass is 9.97. The predicted octanol–water partition coefficient (Wildman–Crippen LogP) is 4.97. The van der Waals surface area contributed by atoms with Gasteiger partial charge in [0, 0.05) is 43.5 Å². The zero-order valence-electron chi connectivity index (χ0n) is 16.5. The van der Waals surface area contributed by atoms with Crippen LogP contribution in [-0.4, -0.2) is 23.1 Å². The van der Waals surface area contributed by atoms with Crippen LogP contribution in [0.5, 0.6) is 5.75 Å². The quantitative estimate of drug-likeness (QED) is 0.639. The van der Waals surface area contributed by atoms with E-state index in [4.69, 9.17) is 4.74 Å². The van der Waals surface area contributed by atoms with Gasteiger partial charge in [-0.2, -0.15) is 0 Å². The third kappa shape index (κ3) is 3.79. The van der Waals surface area contributed by atoms with Crippen molar-refractivity contribution in [2.75, 3.05) is 13.7 Å². The Balaban J connectivity index is 1.55. The lowest BCUT2D eigenvalue weighted by molar-refractivity contribution is 0.223. The van der Waals surface area contributed by atoms with Gasteiger partial charge in [0.1, 0.15) is 5.75 Å². The highest BCUT2D eigenvalue weighted by atomic mass is 16.5. The molecule has 1 aliphatic heterocycles. The highest BCUT2D eigenvalue weighted by Gasteiger charge is 2.26. The Hall–Kier alpha value is -2.52. The lowest BCUT2D eigenvalue weighted by Crippen LogP contribution is -2.33. The largest absolute Gasteiger partial charge is 0.497 e. The van der Waals surface area contributed by atoms with E-state index in [-0.39, 0.29) is 0 Å². The smallest absolute Gasteiger partial charge is 0.118 e. The van der Waals surface area contributed by atoms with Crippen molar-refractivity contribution in [2.24, 2.45) is 0 Å². The number of aromatic nitrogens is 1. The normalized spacial score (nSPS) is 16.9. The fraction of sp³-hybridized carbons (Fsp3) is 0.333. The first-order chi connectivity index (χ1) is 13.1. The maximum absolute atomic E-state index is 5.28. The fourth-order valence-corrected chi connectivity index (χ4v) is 4.34. The van der Waals surface area contributed by atoms with E-state index >= 15 is 0 Å². The average Bonchev–Trinajstić information content (AvgIpc) is 2.99. The topological polar surface area (TPSA) is 17.4 Å². The van der Waals surface area contributed by atoms with Crippen molar-refractivity contribution in [3.63, 3.8) is 0 Å². The second kappa shape index (κ2) is 7.61. The van der Waals surface area contributed by atoms with E-state index in [0.29, 0.717) is 5.92 Å². The van der Waals surface area contributed by atoms with Crippen LogP contribution in [0.1, 0.15) is 40.9 Å². The van der Waals surface area contributed by atoms with Gasteiger partial charge in [-0.25, -0.2) is 0 Å². The molecule has 3 nitrogen and oxygen atoms in total. The van der Waals surface area contributed by atoms with E-state index in [1.807, 2.05) is 12.1 Å². The van der Waals surface area contributed by atoms with Crippen LogP contribution in [-0.2, 0) is 19.6 Å². The Bertz CT molecular complexity index is 896. The molecule has 0 N–H and O–H groups in total. The third-order valence-electron chi connectivity index (χ3n) is 5.57. The van der Waals surface area contributed by atoms with Gasteiger partial charge < -0.3 is 9.30 Å². The minimum absolute atomic E-state index is 0.532. The van der Waals surface area contributed by atoms with E-state index in [1.165, 1.54) is 28.1 Å². The number of hydrogen-bond acceptors (Lipinski definition) is 2. The second-order valence-corrected chi connectivity index (χ2v) is 7.69. The van der Waals surface area contributed by atoms with E-state index in [9.17, 15) is 0 Å². The van der Waals surface area contributed by atoms with Crippen molar-refractivity contribution in [1.82, 2.24) is 9.47 Å². The SMILES string of the molecule is COc1ccc(Cn2c(C)cc3c2C(C)CN(Cc2ccccc2)C3)cc1. The highest BCUT2D eigenvalue weighted by molar-refractivity contribution is 5.35. The number of aryl methyl sites for hydroxylation is 1. The first-order valence-electron chi connectivity index (χ1n) is 9.72. The van der Waals surface area contributed by atoms with Crippen LogP contribution in [0.15, 0.2) is 60.7 Å². The zero-order valence-corrected chi connectivity index (χ0v) is 16.5. The molecule has 2 heterocycles. The number of nitrogens with zero attached hydrogens (tertiary/aromatic N) is 2. The van der Waals surface area contributed by atoms with Gasteiger partial charge in [-0.1, -0.05) is 49.4 Å². The van der Waals surface area contributed by atoms with Crippen LogP contribution >= 0.6 is 0 Å². The molecule has 0 amide bonds. The summed E-state index contributed by atoms with van der Waals surface area (Å²) in [5, 5.41) is 0. The van der Waals surface area contributed by atoms with Crippen molar-refractivity contribution in [3.05, 3.63) is 88.7 Å². The molecular formula is C24H28N2O. The van der Waals surface area contributed by atoms with Crippen molar-refractivity contribution in [1.29, 1.82) is 0 Å². The molecule has 0 spiro atoms. The molecule has 0 radical (unpaired) electrons. The van der Waals surface area contributed by atoms with Crippen LogP contribution < -0.4 is 4.74 Å². The van der Waals surface area contributed by atoms with Crippen LogP contribution in [0.25, 0.3) is 0 Å². The average molecular weight is 361 g/mol. The Morgan fingerprint density at radius 2 is 1.67 bits per heavy atom. The van der Waals surface area contributed by atoms with Gasteiger partial charge in [0.2, 0.25) is 0 Å². The van der Waals surface area contributed by atoms with Gasteiger partial charge in [-0.05, 0) is 41.8 Å². The molecule has 0 bridgehead atoms. The number of rotatable bonds is 5. The number of ether oxygens (including phenoxy) is 1. The van der Waals surface area contributed by atoms with Crippen molar-refractivity contribution >= 4 is 0 Å². The molecule has 3 aromatic rings. The van der Waals surface area contributed by atoms with Crippen LogP contribution in [0.3, 0.4) is 0 Å². The minimum atomic E-state index is 0.532. The van der Waals surface area contributed by atoms with Gasteiger partial charge in [0.25, 0.3) is 0 Å². The first-order valence-corrected chi connectivity index (χ1v) is 9.72. The standard InChI is InChI=1S/C24H28N2O/c1-18-14-25(15-20-7-5-4-6-8-20)17-22-13-19(2)26(24(18)22)16-21-9-11-23(27-3)12-10-21/h4-13,18H,14-17H2,1-3H3. The summed E-state index contributed by atoms with van der Waals surface area (Å²) in [5.74, 6) is 1.44. The van der Waals surface area contributed by atoms with Crippen molar-refractivity contribution in [3.8, 4) is 5.75 Å². The first kappa shape index (κ1) is 17.9. The van der Waals surface area contributed by atoms with Crippen LogP contribution in [0.4, 0.5) is 0 Å². The molecule has 0 saturated heterocycles. The maximum atomic E-state index is 5.28. The second-order valence-electron chi connectivity index (χ2n) is 7.69. The van der Waals surface area contributed by atoms with E-state index in [2.05, 4.69) is 71.8 Å². The summed E-state index contributed by atoms with van der Waals surface area (Å²) in [6.07, 6.45) is 0. The Labute approximate surface area is 162 Å². The third-order valence-corrected chi connectivity index (χ3v) is 5.57. The molecule has 0 saturated carbocycles. The van der Waals surface area contributed by atoms with Crippen molar-refractivity contribution < 1.29 is 4.74 Å². The number of methoxy groups -OCH3 is 1. The molecule has 1 unspecified atom stereocenters. The summed E-state index contributed by atoms with van der Waals surface area (Å²) in [6, 6.07) is 21.6. The number of hydrogen-bond donors (Lipinski definition) is 0. The minimum Gasteiger partial charge on any atom is -0.497 e. The molecule has 1 aliphatic rings. The number of fused-ring (bicyclic) bond motifs is 1. The summed E-state index contributed by atoms with van der Waals surface area (Å²) in [4.78, 5) is 2.57. The molecular weight excluding hydrogens is 332 g/mol.